The molecular weight excluding hydrogens is 264 g/mol. The Morgan fingerprint density at radius 1 is 1.26 bits per heavy atom. The first-order chi connectivity index (χ1) is 8.94. The Bertz CT molecular complexity index is 369. The van der Waals surface area contributed by atoms with E-state index in [1.807, 2.05) is 6.92 Å². The molecule has 1 aliphatic rings. The van der Waals surface area contributed by atoms with Gasteiger partial charge in [0.05, 0.1) is 6.10 Å². The summed E-state index contributed by atoms with van der Waals surface area (Å²) in [6.07, 6.45) is 7.35. The Labute approximate surface area is 117 Å². The van der Waals surface area contributed by atoms with Crippen LogP contribution in [0.2, 0.25) is 0 Å². The average molecular weight is 290 g/mol. The molecule has 0 saturated heterocycles. The molecule has 1 atom stereocenters. The van der Waals surface area contributed by atoms with Crippen molar-refractivity contribution in [3.63, 3.8) is 0 Å². The highest BCUT2D eigenvalue weighted by molar-refractivity contribution is 7.87. The zero-order valence-electron chi connectivity index (χ0n) is 12.1. The summed E-state index contributed by atoms with van der Waals surface area (Å²) < 4.78 is 28.7. The highest BCUT2D eigenvalue weighted by Gasteiger charge is 2.26. The summed E-state index contributed by atoms with van der Waals surface area (Å²) in [5, 5.41) is 0. The fourth-order valence-corrected chi connectivity index (χ4v) is 3.71. The van der Waals surface area contributed by atoms with Gasteiger partial charge in [0, 0.05) is 5.92 Å². The maximum atomic E-state index is 11.9. The predicted molar refractivity (Wildman–Crippen MR) is 75.4 cm³/mol. The first kappa shape index (κ1) is 16.6. The molecule has 0 heterocycles. The van der Waals surface area contributed by atoms with Crippen molar-refractivity contribution in [3.05, 3.63) is 0 Å². The van der Waals surface area contributed by atoms with Gasteiger partial charge in [0.15, 0.2) is 5.78 Å². The van der Waals surface area contributed by atoms with Crippen LogP contribution in [0.15, 0.2) is 0 Å². The summed E-state index contributed by atoms with van der Waals surface area (Å²) in [7, 11) is -3.69. The molecule has 1 rings (SSSR count). The SMILES string of the molecule is CCCCCC(C)C(=O)CS(=O)(=O)OC1CCCC1. The number of Topliss-reactive ketones (excluding diaryl/α,β-unsaturated/α-hetero) is 1. The molecule has 0 aromatic carbocycles. The highest BCUT2D eigenvalue weighted by Crippen LogP contribution is 2.23. The normalized spacial score (nSPS) is 18.6. The van der Waals surface area contributed by atoms with Crippen molar-refractivity contribution in [2.24, 2.45) is 5.92 Å². The van der Waals surface area contributed by atoms with Gasteiger partial charge >= 0.3 is 0 Å². The van der Waals surface area contributed by atoms with Gasteiger partial charge < -0.3 is 0 Å². The molecule has 0 aromatic heterocycles. The van der Waals surface area contributed by atoms with Gasteiger partial charge in [-0.1, -0.05) is 46.0 Å². The first-order valence-corrected chi connectivity index (χ1v) is 8.96. The van der Waals surface area contributed by atoms with Crippen molar-refractivity contribution >= 4 is 15.9 Å². The monoisotopic (exact) mass is 290 g/mol. The van der Waals surface area contributed by atoms with Crippen LogP contribution in [0.25, 0.3) is 0 Å². The van der Waals surface area contributed by atoms with Crippen LogP contribution in [0.1, 0.15) is 65.2 Å². The van der Waals surface area contributed by atoms with E-state index in [-0.39, 0.29) is 17.8 Å². The zero-order valence-corrected chi connectivity index (χ0v) is 12.9. The molecule has 19 heavy (non-hydrogen) atoms. The van der Waals surface area contributed by atoms with Crippen LogP contribution in [-0.4, -0.2) is 26.1 Å². The summed E-state index contributed by atoms with van der Waals surface area (Å²) in [6.45, 7) is 3.91. The van der Waals surface area contributed by atoms with E-state index in [0.29, 0.717) is 0 Å². The van der Waals surface area contributed by atoms with Crippen molar-refractivity contribution in [1.82, 2.24) is 0 Å². The molecule has 0 aromatic rings. The summed E-state index contributed by atoms with van der Waals surface area (Å²) in [5.74, 6) is -0.862. The van der Waals surface area contributed by atoms with E-state index in [4.69, 9.17) is 4.18 Å². The Hall–Kier alpha value is -0.420. The van der Waals surface area contributed by atoms with E-state index < -0.39 is 15.9 Å². The van der Waals surface area contributed by atoms with E-state index in [2.05, 4.69) is 6.92 Å². The van der Waals surface area contributed by atoms with Crippen molar-refractivity contribution < 1.29 is 17.4 Å². The minimum atomic E-state index is -3.69. The second-order valence-electron chi connectivity index (χ2n) is 5.57. The number of carbonyl (C=O) groups is 1. The van der Waals surface area contributed by atoms with E-state index in [0.717, 1.165) is 51.4 Å². The molecular formula is C14H26O4S. The van der Waals surface area contributed by atoms with Crippen LogP contribution in [-0.2, 0) is 19.1 Å². The minimum absolute atomic E-state index is 0.187. The summed E-state index contributed by atoms with van der Waals surface area (Å²) in [5.41, 5.74) is 0. The number of rotatable bonds is 9. The lowest BCUT2D eigenvalue weighted by atomic mass is 10.00. The Morgan fingerprint density at radius 2 is 1.89 bits per heavy atom. The largest absolute Gasteiger partial charge is 0.298 e. The van der Waals surface area contributed by atoms with Gasteiger partial charge in [-0.3, -0.25) is 8.98 Å². The number of unbranched alkanes of at least 4 members (excludes halogenated alkanes) is 2. The third-order valence-corrected chi connectivity index (χ3v) is 4.90. The topological polar surface area (TPSA) is 60.4 Å². The Morgan fingerprint density at radius 3 is 2.47 bits per heavy atom. The van der Waals surface area contributed by atoms with Crippen LogP contribution in [0.3, 0.4) is 0 Å². The van der Waals surface area contributed by atoms with Gasteiger partial charge in [0.2, 0.25) is 0 Å². The van der Waals surface area contributed by atoms with E-state index in [1.165, 1.54) is 0 Å². The molecule has 1 saturated carbocycles. The van der Waals surface area contributed by atoms with Gasteiger partial charge in [-0.15, -0.1) is 0 Å². The van der Waals surface area contributed by atoms with Crippen molar-refractivity contribution in [2.45, 2.75) is 71.3 Å². The first-order valence-electron chi connectivity index (χ1n) is 7.38. The standard InChI is InChI=1S/C14H26O4S/c1-3-4-5-8-12(2)14(15)11-19(16,17)18-13-9-6-7-10-13/h12-13H,3-11H2,1-2H3. The third-order valence-electron chi connectivity index (χ3n) is 3.69. The van der Waals surface area contributed by atoms with Crippen molar-refractivity contribution in [2.75, 3.05) is 5.75 Å². The molecule has 1 unspecified atom stereocenters. The number of hydrogen-bond acceptors (Lipinski definition) is 4. The van der Waals surface area contributed by atoms with Crippen molar-refractivity contribution in [3.8, 4) is 0 Å². The van der Waals surface area contributed by atoms with Gasteiger partial charge in [0.25, 0.3) is 10.1 Å². The number of carbonyl (C=O) groups excluding carboxylic acids is 1. The molecule has 0 N–H and O–H groups in total. The molecule has 112 valence electrons. The maximum Gasteiger partial charge on any atom is 0.274 e. The van der Waals surface area contributed by atoms with Crippen LogP contribution < -0.4 is 0 Å². The van der Waals surface area contributed by atoms with E-state index in [1.54, 1.807) is 0 Å². The van der Waals surface area contributed by atoms with Crippen LogP contribution >= 0.6 is 0 Å². The average Bonchev–Trinajstić information content (AvgIpc) is 2.80. The second kappa shape index (κ2) is 8.00. The summed E-state index contributed by atoms with van der Waals surface area (Å²) in [6, 6.07) is 0. The van der Waals surface area contributed by atoms with Crippen LogP contribution in [0.5, 0.6) is 0 Å². The lowest BCUT2D eigenvalue weighted by Crippen LogP contribution is -2.26. The molecule has 0 radical (unpaired) electrons. The van der Waals surface area contributed by atoms with Crippen molar-refractivity contribution in [1.29, 1.82) is 0 Å². The maximum absolute atomic E-state index is 11.9. The second-order valence-corrected chi connectivity index (χ2v) is 7.16. The molecule has 4 nitrogen and oxygen atoms in total. The third kappa shape index (κ3) is 6.52. The van der Waals surface area contributed by atoms with Gasteiger partial charge in [-0.25, -0.2) is 0 Å². The lowest BCUT2D eigenvalue weighted by molar-refractivity contribution is -0.120. The predicted octanol–water partition coefficient (Wildman–Crippen LogP) is 3.06. The van der Waals surface area contributed by atoms with Crippen LogP contribution in [0, 0.1) is 5.92 Å². The molecule has 1 aliphatic carbocycles. The Balaban J connectivity index is 2.36. The van der Waals surface area contributed by atoms with Gasteiger partial charge in [-0.05, 0) is 19.3 Å². The summed E-state index contributed by atoms with van der Waals surface area (Å²) >= 11 is 0. The molecule has 0 spiro atoms. The highest BCUT2D eigenvalue weighted by atomic mass is 32.2. The zero-order chi connectivity index (χ0) is 14.3. The molecule has 0 amide bonds. The molecule has 5 heteroatoms. The molecule has 1 fully saturated rings. The minimum Gasteiger partial charge on any atom is -0.298 e. The van der Waals surface area contributed by atoms with Crippen LogP contribution in [0.4, 0.5) is 0 Å². The fraction of sp³-hybridized carbons (Fsp3) is 0.929. The number of hydrogen-bond donors (Lipinski definition) is 0. The quantitative estimate of drug-likeness (QED) is 0.483. The smallest absolute Gasteiger partial charge is 0.274 e. The molecule has 0 aliphatic heterocycles. The molecule has 0 bridgehead atoms. The lowest BCUT2D eigenvalue weighted by Gasteiger charge is -2.13. The van der Waals surface area contributed by atoms with E-state index in [9.17, 15) is 13.2 Å². The van der Waals surface area contributed by atoms with Gasteiger partial charge in [0.1, 0.15) is 5.75 Å². The Kier molecular flexibility index (Phi) is 7.00. The van der Waals surface area contributed by atoms with Gasteiger partial charge in [-0.2, -0.15) is 8.42 Å². The fourth-order valence-electron chi connectivity index (χ4n) is 2.40. The van der Waals surface area contributed by atoms with E-state index >= 15 is 0 Å². The summed E-state index contributed by atoms with van der Waals surface area (Å²) in [4.78, 5) is 11.9. The number of ketones is 1.